The van der Waals surface area contributed by atoms with Crippen LogP contribution < -0.4 is 0 Å². The van der Waals surface area contributed by atoms with E-state index in [0.717, 1.165) is 0 Å². The highest BCUT2D eigenvalue weighted by atomic mass is 16.3. The van der Waals surface area contributed by atoms with E-state index in [1.54, 1.807) is 4.90 Å². The van der Waals surface area contributed by atoms with Gasteiger partial charge >= 0.3 is 0 Å². The van der Waals surface area contributed by atoms with Gasteiger partial charge in [0.05, 0.1) is 12.1 Å². The highest BCUT2D eigenvalue weighted by Gasteiger charge is 2.25. The van der Waals surface area contributed by atoms with E-state index in [9.17, 15) is 15.0 Å². The number of benzene rings is 1. The second-order valence-corrected chi connectivity index (χ2v) is 4.87. The van der Waals surface area contributed by atoms with Crippen molar-refractivity contribution in [2.75, 3.05) is 26.2 Å². The fourth-order valence-electron chi connectivity index (χ4n) is 2.30. The van der Waals surface area contributed by atoms with Gasteiger partial charge in [0.15, 0.2) is 0 Å². The molecule has 0 aromatic heterocycles. The fourth-order valence-corrected chi connectivity index (χ4v) is 2.30. The van der Waals surface area contributed by atoms with Gasteiger partial charge in [0.1, 0.15) is 11.5 Å². The van der Waals surface area contributed by atoms with Gasteiger partial charge in [-0.25, -0.2) is 0 Å². The molecule has 6 heteroatoms. The molecular formula is C14H17N3O3. The third kappa shape index (κ3) is 3.00. The molecular weight excluding hydrogens is 258 g/mol. The first kappa shape index (κ1) is 14.2. The van der Waals surface area contributed by atoms with Gasteiger partial charge in [-0.05, 0) is 19.1 Å². The third-order valence-electron chi connectivity index (χ3n) is 3.49. The monoisotopic (exact) mass is 275 g/mol. The molecule has 2 N–H and O–H groups in total. The summed E-state index contributed by atoms with van der Waals surface area (Å²) < 4.78 is 0. The summed E-state index contributed by atoms with van der Waals surface area (Å²) in [7, 11) is 0. The number of nitriles is 1. The van der Waals surface area contributed by atoms with Crippen LogP contribution >= 0.6 is 0 Å². The first-order valence-electron chi connectivity index (χ1n) is 6.47. The van der Waals surface area contributed by atoms with E-state index in [0.29, 0.717) is 26.2 Å². The summed E-state index contributed by atoms with van der Waals surface area (Å²) in [5.41, 5.74) is 0.268. The molecule has 20 heavy (non-hydrogen) atoms. The molecule has 1 saturated heterocycles. The van der Waals surface area contributed by atoms with Crippen molar-refractivity contribution in [2.24, 2.45) is 0 Å². The Morgan fingerprint density at radius 1 is 1.20 bits per heavy atom. The van der Waals surface area contributed by atoms with Gasteiger partial charge in [0, 0.05) is 37.8 Å². The minimum absolute atomic E-state index is 0.134. The summed E-state index contributed by atoms with van der Waals surface area (Å²) in [6.45, 7) is 4.18. The summed E-state index contributed by atoms with van der Waals surface area (Å²) in [5, 5.41) is 27.7. The number of piperazine rings is 1. The van der Waals surface area contributed by atoms with Gasteiger partial charge in [-0.1, -0.05) is 0 Å². The van der Waals surface area contributed by atoms with Crippen molar-refractivity contribution in [3.05, 3.63) is 23.8 Å². The second kappa shape index (κ2) is 5.80. The van der Waals surface area contributed by atoms with E-state index < -0.39 is 0 Å². The summed E-state index contributed by atoms with van der Waals surface area (Å²) >= 11 is 0. The molecule has 1 aliphatic heterocycles. The zero-order valence-corrected chi connectivity index (χ0v) is 11.3. The van der Waals surface area contributed by atoms with E-state index in [1.165, 1.54) is 18.2 Å². The normalized spacial score (nSPS) is 17.5. The Balaban J connectivity index is 2.03. The Hall–Kier alpha value is -2.26. The molecule has 1 aromatic rings. The molecule has 2 rings (SSSR count). The van der Waals surface area contributed by atoms with Crippen LogP contribution in [0.1, 0.15) is 17.3 Å². The number of carbonyl (C=O) groups is 1. The predicted molar refractivity (Wildman–Crippen MR) is 72.3 cm³/mol. The summed E-state index contributed by atoms with van der Waals surface area (Å²) in [4.78, 5) is 15.9. The van der Waals surface area contributed by atoms with Gasteiger partial charge in [-0.2, -0.15) is 5.26 Å². The second-order valence-electron chi connectivity index (χ2n) is 4.87. The van der Waals surface area contributed by atoms with E-state index in [1.807, 2.05) is 11.8 Å². The number of hydrogen-bond donors (Lipinski definition) is 2. The molecule has 1 heterocycles. The maximum absolute atomic E-state index is 12.3. The topological polar surface area (TPSA) is 87.8 Å². The van der Waals surface area contributed by atoms with Gasteiger partial charge in [-0.3, -0.25) is 9.69 Å². The molecule has 106 valence electrons. The molecule has 1 aliphatic rings. The lowest BCUT2D eigenvalue weighted by Gasteiger charge is -2.35. The van der Waals surface area contributed by atoms with Crippen molar-refractivity contribution in [3.63, 3.8) is 0 Å². The number of hydrogen-bond acceptors (Lipinski definition) is 5. The predicted octanol–water partition coefficient (Wildman–Crippen LogP) is 0.768. The zero-order valence-electron chi connectivity index (χ0n) is 11.3. The minimum Gasteiger partial charge on any atom is -0.508 e. The Labute approximate surface area is 117 Å². The van der Waals surface area contributed by atoms with E-state index >= 15 is 0 Å². The number of rotatable bonds is 2. The number of phenols is 2. The van der Waals surface area contributed by atoms with Crippen LogP contribution in [0.3, 0.4) is 0 Å². The van der Waals surface area contributed by atoms with Crippen LogP contribution in [0.2, 0.25) is 0 Å². The molecule has 1 fully saturated rings. The average Bonchev–Trinajstić information content (AvgIpc) is 2.45. The van der Waals surface area contributed by atoms with Crippen LogP contribution in [-0.4, -0.2) is 58.1 Å². The Kier molecular flexibility index (Phi) is 4.11. The van der Waals surface area contributed by atoms with Crippen molar-refractivity contribution in [2.45, 2.75) is 13.0 Å². The molecule has 6 nitrogen and oxygen atoms in total. The minimum atomic E-state index is -0.222. The largest absolute Gasteiger partial charge is 0.508 e. The standard InChI is InChI=1S/C14H17N3O3/c1-10(9-15)16-2-4-17(5-3-16)14(20)11-6-12(18)8-13(19)7-11/h6-8,10,18-19H,2-5H2,1H3. The molecule has 0 radical (unpaired) electrons. The van der Waals surface area contributed by atoms with E-state index in [2.05, 4.69) is 6.07 Å². The third-order valence-corrected chi connectivity index (χ3v) is 3.49. The van der Waals surface area contributed by atoms with Crippen LogP contribution in [0, 0.1) is 11.3 Å². The summed E-state index contributed by atoms with van der Waals surface area (Å²) in [6, 6.07) is 5.89. The van der Waals surface area contributed by atoms with E-state index in [-0.39, 0.29) is 29.0 Å². The van der Waals surface area contributed by atoms with Crippen molar-refractivity contribution in [3.8, 4) is 17.6 Å². The maximum Gasteiger partial charge on any atom is 0.254 e. The molecule has 1 atom stereocenters. The van der Waals surface area contributed by atoms with Gasteiger partial charge in [-0.15, -0.1) is 0 Å². The van der Waals surface area contributed by atoms with Crippen molar-refractivity contribution in [1.29, 1.82) is 5.26 Å². The molecule has 1 aromatic carbocycles. The summed E-state index contributed by atoms with van der Waals surface area (Å²) in [5.74, 6) is -0.490. The summed E-state index contributed by atoms with van der Waals surface area (Å²) in [6.07, 6.45) is 0. The highest BCUT2D eigenvalue weighted by molar-refractivity contribution is 5.95. The lowest BCUT2D eigenvalue weighted by atomic mass is 10.1. The average molecular weight is 275 g/mol. The van der Waals surface area contributed by atoms with Gasteiger partial charge in [0.2, 0.25) is 0 Å². The Morgan fingerprint density at radius 3 is 2.25 bits per heavy atom. The Morgan fingerprint density at radius 2 is 1.75 bits per heavy atom. The fraction of sp³-hybridized carbons (Fsp3) is 0.429. The van der Waals surface area contributed by atoms with Gasteiger partial charge in [0.25, 0.3) is 5.91 Å². The SMILES string of the molecule is CC(C#N)N1CCN(C(=O)c2cc(O)cc(O)c2)CC1. The molecule has 0 spiro atoms. The van der Waals surface area contributed by atoms with Crippen molar-refractivity contribution < 1.29 is 15.0 Å². The molecule has 0 aliphatic carbocycles. The first-order valence-corrected chi connectivity index (χ1v) is 6.47. The van der Waals surface area contributed by atoms with Crippen LogP contribution in [0.5, 0.6) is 11.5 Å². The van der Waals surface area contributed by atoms with Crippen molar-refractivity contribution >= 4 is 5.91 Å². The number of amides is 1. The zero-order chi connectivity index (χ0) is 14.7. The Bertz CT molecular complexity index is 525. The first-order chi connectivity index (χ1) is 9.51. The van der Waals surface area contributed by atoms with Gasteiger partial charge < -0.3 is 15.1 Å². The highest BCUT2D eigenvalue weighted by Crippen LogP contribution is 2.22. The number of nitrogens with zero attached hydrogens (tertiary/aromatic N) is 3. The molecule has 1 amide bonds. The van der Waals surface area contributed by atoms with E-state index in [4.69, 9.17) is 5.26 Å². The maximum atomic E-state index is 12.3. The number of phenolic OH excluding ortho intramolecular Hbond substituents is 2. The molecule has 1 unspecified atom stereocenters. The molecule has 0 bridgehead atoms. The van der Waals surface area contributed by atoms with Crippen LogP contribution in [0.25, 0.3) is 0 Å². The number of carbonyl (C=O) groups excluding carboxylic acids is 1. The molecule has 0 saturated carbocycles. The lowest BCUT2D eigenvalue weighted by Crippen LogP contribution is -2.51. The van der Waals surface area contributed by atoms with Crippen LogP contribution in [0.4, 0.5) is 0 Å². The smallest absolute Gasteiger partial charge is 0.254 e. The lowest BCUT2D eigenvalue weighted by molar-refractivity contribution is 0.0615. The van der Waals surface area contributed by atoms with Crippen molar-refractivity contribution in [1.82, 2.24) is 9.80 Å². The van der Waals surface area contributed by atoms with Crippen LogP contribution in [0.15, 0.2) is 18.2 Å². The quantitative estimate of drug-likeness (QED) is 0.832. The van der Waals surface area contributed by atoms with Crippen LogP contribution in [-0.2, 0) is 0 Å². The number of aromatic hydroxyl groups is 2.